The van der Waals surface area contributed by atoms with E-state index in [9.17, 15) is 14.7 Å². The SMILES string of the molecule is CC1CCc2c(N3CCC(O)CC3)c(F)cc3c(=O)c(C(=O)Nc4ccc(Oc5ncnc6[nH]cc(-c7ccccc7)c56)c(F)c4)cn1c23. The van der Waals surface area contributed by atoms with Crippen LogP contribution in [0.2, 0.25) is 0 Å². The van der Waals surface area contributed by atoms with Crippen LogP contribution in [-0.4, -0.2) is 49.7 Å². The average molecular weight is 663 g/mol. The van der Waals surface area contributed by atoms with Gasteiger partial charge >= 0.3 is 0 Å². The number of aromatic nitrogens is 4. The van der Waals surface area contributed by atoms with Crippen molar-refractivity contribution < 1.29 is 23.4 Å². The maximum Gasteiger partial charge on any atom is 0.261 e. The summed E-state index contributed by atoms with van der Waals surface area (Å²) in [6.07, 6.45) is 6.58. The number of nitrogens with one attached hydrogen (secondary N) is 2. The zero-order valence-electron chi connectivity index (χ0n) is 26.5. The Hall–Kier alpha value is -5.62. The maximum atomic E-state index is 15.8. The van der Waals surface area contributed by atoms with E-state index in [1.165, 1.54) is 30.7 Å². The minimum Gasteiger partial charge on any atom is -0.435 e. The molecule has 3 N–H and O–H groups in total. The third-order valence-electron chi connectivity index (χ3n) is 9.57. The Labute approximate surface area is 279 Å². The van der Waals surface area contributed by atoms with Crippen LogP contribution in [0.25, 0.3) is 33.1 Å². The van der Waals surface area contributed by atoms with Gasteiger partial charge in [0.05, 0.1) is 22.7 Å². The monoisotopic (exact) mass is 662 g/mol. The summed E-state index contributed by atoms with van der Waals surface area (Å²) in [6, 6.07) is 14.7. The number of benzene rings is 3. The van der Waals surface area contributed by atoms with Gasteiger partial charge in [-0.05, 0) is 56.4 Å². The number of fused-ring (bicyclic) bond motifs is 1. The Morgan fingerprint density at radius 1 is 1.04 bits per heavy atom. The number of pyridine rings is 1. The molecule has 3 aromatic carbocycles. The highest BCUT2D eigenvalue weighted by molar-refractivity contribution is 6.06. The number of aliphatic hydroxyl groups excluding tert-OH is 1. The number of amides is 1. The molecule has 1 saturated heterocycles. The number of piperidine rings is 1. The van der Waals surface area contributed by atoms with Gasteiger partial charge < -0.3 is 29.6 Å². The fourth-order valence-electron chi connectivity index (χ4n) is 7.05. The van der Waals surface area contributed by atoms with Crippen LogP contribution in [-0.2, 0) is 6.42 Å². The predicted octanol–water partition coefficient (Wildman–Crippen LogP) is 6.73. The fourth-order valence-corrected chi connectivity index (χ4v) is 7.05. The zero-order chi connectivity index (χ0) is 33.8. The lowest BCUT2D eigenvalue weighted by atomic mass is 9.92. The average Bonchev–Trinajstić information content (AvgIpc) is 3.54. The van der Waals surface area contributed by atoms with Gasteiger partial charge in [0.1, 0.15) is 23.4 Å². The summed E-state index contributed by atoms with van der Waals surface area (Å²) >= 11 is 0. The molecule has 0 radical (unpaired) electrons. The molecular weight excluding hydrogens is 630 g/mol. The first-order valence-electron chi connectivity index (χ1n) is 16.3. The van der Waals surface area contributed by atoms with Crippen LogP contribution >= 0.6 is 0 Å². The topological polar surface area (TPSA) is 125 Å². The molecule has 0 saturated carbocycles. The third-order valence-corrected chi connectivity index (χ3v) is 9.57. The molecular formula is C37H32F2N6O4. The number of rotatable bonds is 6. The first-order chi connectivity index (χ1) is 23.8. The van der Waals surface area contributed by atoms with Crippen molar-refractivity contribution in [3.63, 3.8) is 0 Å². The quantitative estimate of drug-likeness (QED) is 0.181. The molecule has 2 aliphatic heterocycles. The van der Waals surface area contributed by atoms with Gasteiger partial charge in [0, 0.05) is 59.8 Å². The standard InChI is InChI=1S/C37H32F2N6O4/c1-20-7-9-24-32-25(16-29(39)33(24)44-13-11-23(46)12-14-44)34(47)27(18-45(20)32)36(48)43-22-8-10-30(28(38)15-22)49-37-31-26(21-5-3-2-4-6-21)17-40-35(31)41-19-42-37/h2-6,8,10,15-20,23,46H,7,9,11-14H2,1H3,(H,43,48)(H,40,41,42). The van der Waals surface area contributed by atoms with Crippen molar-refractivity contribution in [3.05, 3.63) is 106 Å². The molecule has 1 atom stereocenters. The van der Waals surface area contributed by atoms with Gasteiger partial charge in [-0.2, -0.15) is 0 Å². The Morgan fingerprint density at radius 2 is 1.84 bits per heavy atom. The predicted molar refractivity (Wildman–Crippen MR) is 182 cm³/mol. The number of halogens is 2. The minimum atomic E-state index is -0.759. The van der Waals surface area contributed by atoms with Crippen molar-refractivity contribution in [3.8, 4) is 22.8 Å². The normalized spacial score (nSPS) is 16.3. The van der Waals surface area contributed by atoms with E-state index in [0.29, 0.717) is 61.0 Å². The van der Waals surface area contributed by atoms with Crippen LogP contribution < -0.4 is 20.4 Å². The molecule has 1 fully saturated rings. The van der Waals surface area contributed by atoms with Gasteiger partial charge in [-0.1, -0.05) is 30.3 Å². The first-order valence-corrected chi connectivity index (χ1v) is 16.3. The number of carbonyl (C=O) groups excluding carboxylic acids is 1. The summed E-state index contributed by atoms with van der Waals surface area (Å²) in [5.41, 5.74) is 3.37. The molecule has 8 rings (SSSR count). The lowest BCUT2D eigenvalue weighted by Crippen LogP contribution is -2.37. The second-order valence-electron chi connectivity index (χ2n) is 12.6. The Morgan fingerprint density at radius 3 is 2.61 bits per heavy atom. The van der Waals surface area contributed by atoms with Gasteiger partial charge in [-0.15, -0.1) is 0 Å². The van der Waals surface area contributed by atoms with E-state index < -0.39 is 29.1 Å². The summed E-state index contributed by atoms with van der Waals surface area (Å²) < 4.78 is 39.0. The molecule has 3 aromatic heterocycles. The number of aromatic amines is 1. The second kappa shape index (κ2) is 12.1. The molecule has 5 heterocycles. The summed E-state index contributed by atoms with van der Waals surface area (Å²) in [5, 5.41) is 13.3. The molecule has 10 nitrogen and oxygen atoms in total. The Kier molecular flexibility index (Phi) is 7.59. The lowest BCUT2D eigenvalue weighted by Gasteiger charge is -2.36. The molecule has 248 valence electrons. The van der Waals surface area contributed by atoms with Gasteiger partial charge in [-0.25, -0.2) is 18.7 Å². The minimum absolute atomic E-state index is 0.0480. The number of hydrogen-bond acceptors (Lipinski definition) is 7. The highest BCUT2D eigenvalue weighted by atomic mass is 19.1. The van der Waals surface area contributed by atoms with Crippen LogP contribution in [0, 0.1) is 11.6 Å². The molecule has 49 heavy (non-hydrogen) atoms. The highest BCUT2D eigenvalue weighted by Crippen LogP contribution is 2.39. The summed E-state index contributed by atoms with van der Waals surface area (Å²) in [6.45, 7) is 3.02. The van der Waals surface area contributed by atoms with E-state index in [0.717, 1.165) is 22.8 Å². The van der Waals surface area contributed by atoms with Crippen molar-refractivity contribution in [2.45, 2.75) is 44.8 Å². The molecule has 2 aliphatic rings. The van der Waals surface area contributed by atoms with Crippen molar-refractivity contribution in [2.24, 2.45) is 0 Å². The molecule has 0 spiro atoms. The van der Waals surface area contributed by atoms with E-state index in [-0.39, 0.29) is 34.3 Å². The van der Waals surface area contributed by atoms with Gasteiger partial charge in [-0.3, -0.25) is 9.59 Å². The number of anilines is 2. The summed E-state index contributed by atoms with van der Waals surface area (Å²) in [7, 11) is 0. The molecule has 1 unspecified atom stereocenters. The fraction of sp³-hybridized carbons (Fsp3) is 0.243. The maximum absolute atomic E-state index is 15.8. The van der Waals surface area contributed by atoms with Crippen molar-refractivity contribution >= 4 is 39.2 Å². The first kappa shape index (κ1) is 30.7. The van der Waals surface area contributed by atoms with Crippen LogP contribution in [0.15, 0.2) is 78.1 Å². The van der Waals surface area contributed by atoms with Crippen LogP contribution in [0.1, 0.15) is 48.1 Å². The van der Waals surface area contributed by atoms with Crippen molar-refractivity contribution in [1.82, 2.24) is 19.5 Å². The third kappa shape index (κ3) is 5.38. The largest absolute Gasteiger partial charge is 0.435 e. The number of aliphatic hydroxyl groups is 1. The van der Waals surface area contributed by atoms with Gasteiger partial charge in [0.25, 0.3) is 5.91 Å². The number of H-pyrrole nitrogens is 1. The summed E-state index contributed by atoms with van der Waals surface area (Å²) in [5.74, 6) is -1.99. The smallest absolute Gasteiger partial charge is 0.261 e. The second-order valence-corrected chi connectivity index (χ2v) is 12.6. The van der Waals surface area contributed by atoms with Crippen molar-refractivity contribution in [1.29, 1.82) is 0 Å². The van der Waals surface area contributed by atoms with E-state index in [2.05, 4.69) is 20.3 Å². The van der Waals surface area contributed by atoms with Crippen LogP contribution in [0.4, 0.5) is 20.2 Å². The number of ether oxygens (including phenoxy) is 1. The lowest BCUT2D eigenvalue weighted by molar-refractivity contribution is 0.102. The van der Waals surface area contributed by atoms with Gasteiger partial charge in [0.2, 0.25) is 11.3 Å². The Bertz CT molecular complexity index is 2310. The van der Waals surface area contributed by atoms with E-state index >= 15 is 8.78 Å². The van der Waals surface area contributed by atoms with Crippen molar-refractivity contribution in [2.75, 3.05) is 23.3 Å². The zero-order valence-corrected chi connectivity index (χ0v) is 26.5. The number of hydrogen-bond donors (Lipinski definition) is 3. The Balaban J connectivity index is 1.09. The van der Waals surface area contributed by atoms with Crippen LogP contribution in [0.5, 0.6) is 11.6 Å². The van der Waals surface area contributed by atoms with E-state index in [1.807, 2.05) is 46.7 Å². The molecule has 6 aromatic rings. The van der Waals surface area contributed by atoms with Gasteiger partial charge in [0.15, 0.2) is 11.6 Å². The summed E-state index contributed by atoms with van der Waals surface area (Å²) in [4.78, 5) is 40.8. The molecule has 0 bridgehead atoms. The number of carbonyl (C=O) groups is 1. The number of aryl methyl sites for hydroxylation is 1. The number of nitrogens with zero attached hydrogens (tertiary/aromatic N) is 4. The highest BCUT2D eigenvalue weighted by Gasteiger charge is 2.30. The molecule has 0 aliphatic carbocycles. The van der Waals surface area contributed by atoms with E-state index in [4.69, 9.17) is 4.74 Å². The van der Waals surface area contributed by atoms with Crippen LogP contribution in [0.3, 0.4) is 0 Å². The molecule has 12 heteroatoms. The van der Waals surface area contributed by atoms with E-state index in [1.54, 1.807) is 6.20 Å². The molecule has 1 amide bonds.